The summed E-state index contributed by atoms with van der Waals surface area (Å²) in [7, 11) is 0. The second kappa shape index (κ2) is 10.1. The van der Waals surface area contributed by atoms with E-state index < -0.39 is 0 Å². The zero-order valence-corrected chi connectivity index (χ0v) is 18.7. The van der Waals surface area contributed by atoms with E-state index in [4.69, 9.17) is 4.99 Å². The van der Waals surface area contributed by atoms with Crippen molar-refractivity contribution in [3.05, 3.63) is 75.7 Å². The molecule has 2 nitrogen and oxygen atoms in total. The van der Waals surface area contributed by atoms with E-state index in [-0.39, 0.29) is 0 Å². The number of benzene rings is 1. The lowest BCUT2D eigenvalue weighted by atomic mass is 9.96. The first-order valence-electron chi connectivity index (χ1n) is 9.92. The third-order valence-corrected chi connectivity index (χ3v) is 7.02. The molecule has 4 heteroatoms. The van der Waals surface area contributed by atoms with Crippen molar-refractivity contribution in [2.24, 2.45) is 10.9 Å². The van der Waals surface area contributed by atoms with Gasteiger partial charge in [0.2, 0.25) is 0 Å². The number of rotatable bonds is 5. The fraction of sp³-hybridized carbons (Fsp3) is 0.333. The number of pyridine rings is 1. The number of hydrogen-bond acceptors (Lipinski definition) is 4. The Morgan fingerprint density at radius 2 is 1.93 bits per heavy atom. The summed E-state index contributed by atoms with van der Waals surface area (Å²) in [5.74, 6) is 0.449. The quantitative estimate of drug-likeness (QED) is 0.469. The van der Waals surface area contributed by atoms with Gasteiger partial charge in [0.1, 0.15) is 10.1 Å². The van der Waals surface area contributed by atoms with Crippen LogP contribution < -0.4 is 0 Å². The van der Waals surface area contributed by atoms with Crippen LogP contribution in [0.15, 0.2) is 80.1 Å². The van der Waals surface area contributed by atoms with Gasteiger partial charge in [0.15, 0.2) is 0 Å². The van der Waals surface area contributed by atoms with Crippen molar-refractivity contribution in [3.8, 4) is 0 Å². The third kappa shape index (κ3) is 5.39. The van der Waals surface area contributed by atoms with Crippen molar-refractivity contribution in [1.82, 2.24) is 4.98 Å². The second-order valence-electron chi connectivity index (χ2n) is 7.05. The first-order chi connectivity index (χ1) is 13.6. The van der Waals surface area contributed by atoms with Crippen LogP contribution in [0, 0.1) is 12.8 Å². The number of aryl methyl sites for hydroxylation is 1. The summed E-state index contributed by atoms with van der Waals surface area (Å²) in [5.41, 5.74) is 5.15. The van der Waals surface area contributed by atoms with Crippen molar-refractivity contribution >= 4 is 34.3 Å². The van der Waals surface area contributed by atoms with Crippen LogP contribution >= 0.6 is 23.5 Å². The molecule has 1 aliphatic rings. The number of aliphatic imine (C=N–C) groups is 1. The fourth-order valence-electron chi connectivity index (χ4n) is 3.21. The molecule has 0 amide bonds. The van der Waals surface area contributed by atoms with Crippen molar-refractivity contribution < 1.29 is 0 Å². The van der Waals surface area contributed by atoms with E-state index in [2.05, 4.69) is 68.4 Å². The van der Waals surface area contributed by atoms with E-state index in [0.717, 1.165) is 35.0 Å². The van der Waals surface area contributed by atoms with Crippen LogP contribution in [0.3, 0.4) is 0 Å². The summed E-state index contributed by atoms with van der Waals surface area (Å²) in [4.78, 5) is 11.0. The molecular weight excluding hydrogens is 380 g/mol. The van der Waals surface area contributed by atoms with Crippen molar-refractivity contribution in [1.29, 1.82) is 0 Å². The molecule has 1 unspecified atom stereocenters. The number of nitrogens with zero attached hydrogens (tertiary/aromatic N) is 2. The van der Waals surface area contributed by atoms with Gasteiger partial charge in [0.25, 0.3) is 0 Å². The lowest BCUT2D eigenvalue weighted by Crippen LogP contribution is -2.15. The largest absolute Gasteiger partial charge is 0.250 e. The van der Waals surface area contributed by atoms with Crippen molar-refractivity contribution in [2.45, 2.75) is 52.0 Å². The van der Waals surface area contributed by atoms with E-state index in [1.807, 2.05) is 30.1 Å². The smallest absolute Gasteiger partial charge is 0.105 e. The Kier molecular flexibility index (Phi) is 7.57. The Morgan fingerprint density at radius 3 is 2.57 bits per heavy atom. The Morgan fingerprint density at radius 1 is 1.18 bits per heavy atom. The van der Waals surface area contributed by atoms with Gasteiger partial charge in [-0.2, -0.15) is 0 Å². The van der Waals surface area contributed by atoms with E-state index in [1.54, 1.807) is 17.3 Å². The minimum Gasteiger partial charge on any atom is -0.250 e. The normalized spacial score (nSPS) is 20.0. The molecule has 3 rings (SSSR count). The molecule has 1 fully saturated rings. The maximum absolute atomic E-state index is 5.05. The number of hydrogen-bond donors (Lipinski definition) is 0. The molecule has 0 bridgehead atoms. The molecule has 146 valence electrons. The molecule has 28 heavy (non-hydrogen) atoms. The van der Waals surface area contributed by atoms with Gasteiger partial charge < -0.3 is 0 Å². The Balaban J connectivity index is 1.98. The molecule has 1 aromatic heterocycles. The molecule has 0 spiro atoms. The van der Waals surface area contributed by atoms with Crippen LogP contribution in [0.2, 0.25) is 0 Å². The van der Waals surface area contributed by atoms with Gasteiger partial charge in [-0.3, -0.25) is 0 Å². The molecule has 2 aromatic rings. The van der Waals surface area contributed by atoms with Crippen LogP contribution in [-0.4, -0.2) is 10.0 Å². The molecule has 0 saturated carbocycles. The molecule has 1 aromatic carbocycles. The molecule has 2 heterocycles. The third-order valence-electron chi connectivity index (χ3n) is 4.95. The predicted octanol–water partition coefficient (Wildman–Crippen LogP) is 7.94. The summed E-state index contributed by atoms with van der Waals surface area (Å²) in [6, 6.07) is 14.5. The van der Waals surface area contributed by atoms with Gasteiger partial charge in [0, 0.05) is 6.20 Å². The number of aromatic nitrogens is 1. The van der Waals surface area contributed by atoms with Crippen molar-refractivity contribution in [2.75, 3.05) is 0 Å². The molecule has 1 saturated heterocycles. The summed E-state index contributed by atoms with van der Waals surface area (Å²) in [6.45, 7) is 8.95. The van der Waals surface area contributed by atoms with E-state index in [9.17, 15) is 0 Å². The van der Waals surface area contributed by atoms with Crippen molar-refractivity contribution in [3.63, 3.8) is 0 Å². The van der Waals surface area contributed by atoms with Crippen LogP contribution in [0.1, 0.15) is 45.6 Å². The zero-order valence-electron chi connectivity index (χ0n) is 17.1. The average molecular weight is 409 g/mol. The Labute approximate surface area is 177 Å². The van der Waals surface area contributed by atoms with Crippen LogP contribution in [-0.2, 0) is 0 Å². The molecule has 0 N–H and O–H groups in total. The minimum absolute atomic E-state index is 0.449. The Bertz CT molecular complexity index is 875. The van der Waals surface area contributed by atoms with Gasteiger partial charge in [-0.05, 0) is 72.3 Å². The number of thioether (sulfide) groups is 2. The Hall–Kier alpha value is -1.78. The van der Waals surface area contributed by atoms with E-state index >= 15 is 0 Å². The van der Waals surface area contributed by atoms with Crippen LogP contribution in [0.4, 0.5) is 5.69 Å². The number of allylic oxidation sites excluding steroid dienone is 2. The molecular formula is C24H28N2S2. The predicted molar refractivity (Wildman–Crippen MR) is 125 cm³/mol. The molecule has 1 aliphatic heterocycles. The summed E-state index contributed by atoms with van der Waals surface area (Å²) >= 11 is 3.55. The fourth-order valence-corrected chi connectivity index (χ4v) is 5.68. The highest BCUT2D eigenvalue weighted by Crippen LogP contribution is 2.43. The summed E-state index contributed by atoms with van der Waals surface area (Å²) in [6.07, 6.45) is 5.18. The van der Waals surface area contributed by atoms with E-state index in [0.29, 0.717) is 5.92 Å². The molecule has 0 radical (unpaired) electrons. The highest BCUT2D eigenvalue weighted by Gasteiger charge is 2.26. The SMILES string of the molecule is CCC(CC)=C1CC(C)C(=C\Sc2ccccn2)/C(=N/c2ccc(C)cc2)S1. The van der Waals surface area contributed by atoms with Gasteiger partial charge in [0.05, 0.1) is 5.69 Å². The van der Waals surface area contributed by atoms with Gasteiger partial charge in [-0.1, -0.05) is 73.6 Å². The zero-order chi connectivity index (χ0) is 19.9. The van der Waals surface area contributed by atoms with Crippen LogP contribution in [0.5, 0.6) is 0 Å². The van der Waals surface area contributed by atoms with Crippen LogP contribution in [0.25, 0.3) is 0 Å². The summed E-state index contributed by atoms with van der Waals surface area (Å²) in [5, 5.41) is 4.40. The molecule has 0 aliphatic carbocycles. The maximum Gasteiger partial charge on any atom is 0.105 e. The first-order valence-corrected chi connectivity index (χ1v) is 11.6. The lowest BCUT2D eigenvalue weighted by Gasteiger charge is -2.27. The van der Waals surface area contributed by atoms with E-state index in [1.165, 1.54) is 16.0 Å². The first kappa shape index (κ1) is 20.9. The lowest BCUT2D eigenvalue weighted by molar-refractivity contribution is 0.704. The van der Waals surface area contributed by atoms with Gasteiger partial charge in [-0.15, -0.1) is 0 Å². The van der Waals surface area contributed by atoms with Gasteiger partial charge >= 0.3 is 0 Å². The molecule has 1 atom stereocenters. The topological polar surface area (TPSA) is 25.2 Å². The highest BCUT2D eigenvalue weighted by atomic mass is 32.2. The highest BCUT2D eigenvalue weighted by molar-refractivity contribution is 8.17. The summed E-state index contributed by atoms with van der Waals surface area (Å²) < 4.78 is 0. The van der Waals surface area contributed by atoms with Gasteiger partial charge in [-0.25, -0.2) is 9.98 Å². The minimum atomic E-state index is 0.449. The standard InChI is InChI=1S/C24H28N2S2/c1-5-19(6-2)22-15-18(4)21(16-27-23-9-7-8-14-25-23)24(28-22)26-20-12-10-17(3)11-13-20/h7-14,16,18H,5-6,15H2,1-4H3/b21-16+,26-24-. The average Bonchev–Trinajstić information content (AvgIpc) is 2.71. The second-order valence-corrected chi connectivity index (χ2v) is 9.03. The maximum atomic E-state index is 5.05. The monoisotopic (exact) mass is 408 g/mol.